The van der Waals surface area contributed by atoms with Crippen LogP contribution in [0.15, 0.2) is 47.5 Å². The molecule has 0 unspecified atom stereocenters. The molecule has 1 N–H and O–H groups in total. The summed E-state index contributed by atoms with van der Waals surface area (Å²) in [6, 6.07) is 9.54. The van der Waals surface area contributed by atoms with Crippen molar-refractivity contribution in [3.05, 3.63) is 70.2 Å². The van der Waals surface area contributed by atoms with E-state index in [0.717, 1.165) is 16.9 Å². The minimum atomic E-state index is -2.62. The molecule has 4 aromatic rings. The van der Waals surface area contributed by atoms with Gasteiger partial charge in [0.05, 0.1) is 23.6 Å². The lowest BCUT2D eigenvalue weighted by molar-refractivity contribution is -0.0446. The molecular formula is C22H22F2N6O. The second-order valence-electron chi connectivity index (χ2n) is 8.13. The van der Waals surface area contributed by atoms with Crippen molar-refractivity contribution in [2.75, 3.05) is 0 Å². The summed E-state index contributed by atoms with van der Waals surface area (Å²) >= 11 is 0. The normalized spacial score (nSPS) is 16.7. The zero-order valence-corrected chi connectivity index (χ0v) is 17.1. The van der Waals surface area contributed by atoms with E-state index in [1.807, 2.05) is 43.5 Å². The number of aryl methyl sites for hydroxylation is 1. The van der Waals surface area contributed by atoms with Gasteiger partial charge in [0, 0.05) is 25.5 Å². The first-order chi connectivity index (χ1) is 14.9. The van der Waals surface area contributed by atoms with E-state index in [-0.39, 0.29) is 24.4 Å². The minimum absolute atomic E-state index is 0.175. The molecule has 160 valence electrons. The molecule has 7 nitrogen and oxygen atoms in total. The summed E-state index contributed by atoms with van der Waals surface area (Å²) in [5, 5.41) is 9.17. The number of hydrogen-bond donors (Lipinski definition) is 1. The quantitative estimate of drug-likeness (QED) is 0.538. The predicted molar refractivity (Wildman–Crippen MR) is 112 cm³/mol. The van der Waals surface area contributed by atoms with Crippen molar-refractivity contribution in [1.82, 2.24) is 29.5 Å². The van der Waals surface area contributed by atoms with Crippen molar-refractivity contribution >= 4 is 11.0 Å². The molecule has 9 heteroatoms. The molecule has 0 bridgehead atoms. The van der Waals surface area contributed by atoms with E-state index in [9.17, 15) is 13.6 Å². The summed E-state index contributed by atoms with van der Waals surface area (Å²) in [7, 11) is 0. The average molecular weight is 424 g/mol. The molecular weight excluding hydrogens is 402 g/mol. The van der Waals surface area contributed by atoms with Crippen LogP contribution in [-0.2, 0) is 6.42 Å². The highest BCUT2D eigenvalue weighted by molar-refractivity contribution is 5.73. The van der Waals surface area contributed by atoms with E-state index in [0.29, 0.717) is 36.1 Å². The first-order valence-electron chi connectivity index (χ1n) is 10.3. The SMILES string of the molecule is Cc1ccn(-c2ccccc2Cc2nc3c(cnn3C3CCC(F)(F)CC3)c(=O)[nH]2)n1. The largest absolute Gasteiger partial charge is 0.310 e. The summed E-state index contributed by atoms with van der Waals surface area (Å²) in [6.45, 7) is 1.92. The molecule has 1 aliphatic rings. The monoisotopic (exact) mass is 424 g/mol. The first kappa shape index (κ1) is 19.6. The Morgan fingerprint density at radius 3 is 2.71 bits per heavy atom. The maximum absolute atomic E-state index is 13.6. The van der Waals surface area contributed by atoms with E-state index in [4.69, 9.17) is 0 Å². The highest BCUT2D eigenvalue weighted by Gasteiger charge is 2.36. The molecule has 0 spiro atoms. The lowest BCUT2D eigenvalue weighted by Gasteiger charge is -2.28. The number of rotatable bonds is 4. The molecule has 31 heavy (non-hydrogen) atoms. The van der Waals surface area contributed by atoms with Gasteiger partial charge in [-0.05, 0) is 37.5 Å². The standard InChI is InChI=1S/C22H22F2N6O/c1-14-8-11-29(28-14)18-5-3-2-4-15(18)12-19-26-20-17(21(31)27-19)13-25-30(20)16-6-9-22(23,24)10-7-16/h2-5,8,11,13,16H,6-7,9-10,12H2,1H3,(H,26,27,31). The van der Waals surface area contributed by atoms with Crippen molar-refractivity contribution in [3.63, 3.8) is 0 Å². The highest BCUT2D eigenvalue weighted by atomic mass is 19.3. The van der Waals surface area contributed by atoms with Gasteiger partial charge in [0.25, 0.3) is 5.56 Å². The zero-order chi connectivity index (χ0) is 21.6. The van der Waals surface area contributed by atoms with Crippen molar-refractivity contribution in [2.24, 2.45) is 0 Å². The van der Waals surface area contributed by atoms with Gasteiger partial charge in [0.1, 0.15) is 11.2 Å². The molecule has 0 atom stereocenters. The van der Waals surface area contributed by atoms with Crippen LogP contribution in [0.5, 0.6) is 0 Å². The Morgan fingerprint density at radius 2 is 1.97 bits per heavy atom. The number of H-pyrrole nitrogens is 1. The van der Waals surface area contributed by atoms with Crippen molar-refractivity contribution < 1.29 is 8.78 Å². The number of alkyl halides is 2. The summed E-state index contributed by atoms with van der Waals surface area (Å²) in [4.78, 5) is 20.2. The number of aromatic amines is 1. The third kappa shape index (κ3) is 3.75. The number of para-hydroxylation sites is 1. The molecule has 0 aliphatic heterocycles. The molecule has 0 amide bonds. The van der Waals surface area contributed by atoms with Crippen LogP contribution >= 0.6 is 0 Å². The number of nitrogens with zero attached hydrogens (tertiary/aromatic N) is 5. The second kappa shape index (κ2) is 7.40. The Labute approximate surface area is 176 Å². The smallest absolute Gasteiger partial charge is 0.262 e. The minimum Gasteiger partial charge on any atom is -0.310 e. The van der Waals surface area contributed by atoms with Gasteiger partial charge in [0.15, 0.2) is 5.65 Å². The average Bonchev–Trinajstić information content (AvgIpc) is 3.35. The van der Waals surface area contributed by atoms with Crippen LogP contribution in [0.4, 0.5) is 8.78 Å². The molecule has 1 aromatic carbocycles. The van der Waals surface area contributed by atoms with Gasteiger partial charge in [-0.25, -0.2) is 23.1 Å². The molecule has 5 rings (SSSR count). The fourth-order valence-electron chi connectivity index (χ4n) is 4.22. The zero-order valence-electron chi connectivity index (χ0n) is 17.1. The first-order valence-corrected chi connectivity index (χ1v) is 10.3. The maximum atomic E-state index is 13.6. The third-order valence-corrected chi connectivity index (χ3v) is 5.86. The molecule has 1 aliphatic carbocycles. The molecule has 3 aromatic heterocycles. The molecule has 0 radical (unpaired) electrons. The molecule has 1 saturated carbocycles. The van der Waals surface area contributed by atoms with Gasteiger partial charge in [-0.15, -0.1) is 0 Å². The van der Waals surface area contributed by atoms with E-state index in [1.165, 1.54) is 6.20 Å². The topological polar surface area (TPSA) is 81.4 Å². The summed E-state index contributed by atoms with van der Waals surface area (Å²) in [6.07, 6.45) is 4.04. The number of nitrogens with one attached hydrogen (secondary N) is 1. The molecule has 1 fully saturated rings. The number of aromatic nitrogens is 6. The van der Waals surface area contributed by atoms with Crippen LogP contribution in [0.1, 0.15) is 48.8 Å². The number of benzene rings is 1. The Kier molecular flexibility index (Phi) is 4.68. The van der Waals surface area contributed by atoms with Crippen molar-refractivity contribution in [3.8, 4) is 5.69 Å². The van der Waals surface area contributed by atoms with E-state index >= 15 is 0 Å². The van der Waals surface area contributed by atoms with E-state index in [1.54, 1.807) is 9.36 Å². The lowest BCUT2D eigenvalue weighted by Crippen LogP contribution is -2.27. The van der Waals surface area contributed by atoms with Crippen LogP contribution in [0, 0.1) is 6.92 Å². The Hall–Kier alpha value is -3.36. The van der Waals surface area contributed by atoms with Crippen LogP contribution in [-0.4, -0.2) is 35.5 Å². The van der Waals surface area contributed by atoms with Crippen LogP contribution in [0.25, 0.3) is 16.7 Å². The Balaban J connectivity index is 1.50. The molecule has 3 heterocycles. The highest BCUT2D eigenvalue weighted by Crippen LogP contribution is 2.38. The Bertz CT molecular complexity index is 1290. The fraction of sp³-hybridized carbons (Fsp3) is 0.364. The van der Waals surface area contributed by atoms with Gasteiger partial charge < -0.3 is 4.98 Å². The summed E-state index contributed by atoms with van der Waals surface area (Å²) in [5.74, 6) is -2.12. The molecule has 0 saturated heterocycles. The van der Waals surface area contributed by atoms with Gasteiger partial charge >= 0.3 is 0 Å². The van der Waals surface area contributed by atoms with Crippen LogP contribution < -0.4 is 5.56 Å². The third-order valence-electron chi connectivity index (χ3n) is 5.86. The van der Waals surface area contributed by atoms with Crippen LogP contribution in [0.2, 0.25) is 0 Å². The summed E-state index contributed by atoms with van der Waals surface area (Å²) in [5.41, 5.74) is 2.93. The van der Waals surface area contributed by atoms with Gasteiger partial charge in [-0.1, -0.05) is 18.2 Å². The lowest BCUT2D eigenvalue weighted by atomic mass is 9.92. The summed E-state index contributed by atoms with van der Waals surface area (Å²) < 4.78 is 30.6. The van der Waals surface area contributed by atoms with Gasteiger partial charge in [-0.2, -0.15) is 10.2 Å². The number of halogens is 2. The van der Waals surface area contributed by atoms with Gasteiger partial charge in [-0.3, -0.25) is 4.79 Å². The van der Waals surface area contributed by atoms with Crippen molar-refractivity contribution in [1.29, 1.82) is 0 Å². The van der Waals surface area contributed by atoms with Crippen molar-refractivity contribution in [2.45, 2.75) is 51.0 Å². The van der Waals surface area contributed by atoms with Crippen LogP contribution in [0.3, 0.4) is 0 Å². The fourth-order valence-corrected chi connectivity index (χ4v) is 4.22. The number of fused-ring (bicyclic) bond motifs is 1. The Morgan fingerprint density at radius 1 is 1.19 bits per heavy atom. The second-order valence-corrected chi connectivity index (χ2v) is 8.13. The predicted octanol–water partition coefficient (Wildman–Crippen LogP) is 3.95. The van der Waals surface area contributed by atoms with E-state index < -0.39 is 5.92 Å². The number of hydrogen-bond acceptors (Lipinski definition) is 4. The van der Waals surface area contributed by atoms with E-state index in [2.05, 4.69) is 20.2 Å². The maximum Gasteiger partial charge on any atom is 0.262 e. The van der Waals surface area contributed by atoms with Gasteiger partial charge in [0.2, 0.25) is 5.92 Å².